The quantitative estimate of drug-likeness (QED) is 0.368. The highest BCUT2D eigenvalue weighted by atomic mass is 16.5. The van der Waals surface area contributed by atoms with Crippen molar-refractivity contribution in [2.45, 2.75) is 30.4 Å². The molecule has 0 fully saturated rings. The normalized spacial score (nSPS) is 14.6. The molecule has 0 aromatic heterocycles. The number of hydrogen-bond donors (Lipinski definition) is 2. The number of benzene rings is 4. The third-order valence-electron chi connectivity index (χ3n) is 7.37. The maximum Gasteiger partial charge on any atom is 0.323 e. The number of ether oxygens (including phenoxy) is 1. The largest absolute Gasteiger partial charge is 0.481 e. The van der Waals surface area contributed by atoms with E-state index in [0.29, 0.717) is 0 Å². The van der Waals surface area contributed by atoms with Crippen LogP contribution in [0.1, 0.15) is 40.5 Å². The molecule has 0 amide bonds. The van der Waals surface area contributed by atoms with E-state index in [1.807, 2.05) is 48.5 Å². The number of aliphatic carboxylic acids is 1. The zero-order valence-electron chi connectivity index (χ0n) is 19.5. The average molecular weight is 476 g/mol. The van der Waals surface area contributed by atoms with Crippen LogP contribution in [0.4, 0.5) is 0 Å². The zero-order valence-corrected chi connectivity index (χ0v) is 19.5. The van der Waals surface area contributed by atoms with Gasteiger partial charge in [0.1, 0.15) is 12.1 Å². The van der Waals surface area contributed by atoms with Crippen LogP contribution in [0.5, 0.6) is 0 Å². The molecule has 3 N–H and O–H groups in total. The van der Waals surface area contributed by atoms with Gasteiger partial charge in [0.25, 0.3) is 0 Å². The predicted molar refractivity (Wildman–Crippen MR) is 138 cm³/mol. The van der Waals surface area contributed by atoms with Crippen LogP contribution < -0.4 is 5.73 Å². The Bertz CT molecular complexity index is 1310. The van der Waals surface area contributed by atoms with Crippen molar-refractivity contribution in [1.29, 1.82) is 0 Å². The van der Waals surface area contributed by atoms with Crippen molar-refractivity contribution in [1.82, 2.24) is 0 Å². The van der Waals surface area contributed by atoms with Crippen LogP contribution in [0.3, 0.4) is 0 Å². The fraction of sp³-hybridized carbons (Fsp3) is 0.161. The second-order valence-electron chi connectivity index (χ2n) is 9.41. The summed E-state index contributed by atoms with van der Waals surface area (Å²) in [5.74, 6) is -2.31. The Hall–Kier alpha value is -4.22. The summed E-state index contributed by atoms with van der Waals surface area (Å²) in [6.45, 7) is 0. The van der Waals surface area contributed by atoms with E-state index < -0.39 is 30.5 Å². The Balaban J connectivity index is 1.54. The molecule has 2 aliphatic rings. The monoisotopic (exact) mass is 475 g/mol. The number of carbonyl (C=O) groups is 2. The van der Waals surface area contributed by atoms with Crippen molar-refractivity contribution in [3.8, 4) is 22.3 Å². The van der Waals surface area contributed by atoms with Gasteiger partial charge in [-0.1, -0.05) is 97.1 Å². The topological polar surface area (TPSA) is 89.6 Å². The van der Waals surface area contributed by atoms with Gasteiger partial charge >= 0.3 is 11.9 Å². The fourth-order valence-corrected chi connectivity index (χ4v) is 5.92. The zero-order chi connectivity index (χ0) is 24.8. The van der Waals surface area contributed by atoms with Crippen LogP contribution in [0.15, 0.2) is 97.1 Å². The van der Waals surface area contributed by atoms with Gasteiger partial charge in [-0.25, -0.2) is 0 Å². The highest BCUT2D eigenvalue weighted by molar-refractivity contribution is 5.85. The minimum Gasteiger partial charge on any atom is -0.481 e. The number of carbonyl (C=O) groups excluding carboxylic acids is 1. The molecular formula is C31H25NO4. The van der Waals surface area contributed by atoms with Crippen molar-refractivity contribution in [3.63, 3.8) is 0 Å². The highest BCUT2D eigenvalue weighted by Gasteiger charge is 2.45. The molecule has 6 rings (SSSR count). The van der Waals surface area contributed by atoms with Crippen LogP contribution in [-0.4, -0.2) is 29.2 Å². The molecule has 0 unspecified atom stereocenters. The Morgan fingerprint density at radius 3 is 1.33 bits per heavy atom. The molecule has 5 heteroatoms. The second-order valence-corrected chi connectivity index (χ2v) is 9.41. The summed E-state index contributed by atoms with van der Waals surface area (Å²) >= 11 is 0. The van der Waals surface area contributed by atoms with Crippen LogP contribution in [-0.2, 0) is 14.3 Å². The molecule has 0 radical (unpaired) electrons. The Morgan fingerprint density at radius 1 is 0.667 bits per heavy atom. The van der Waals surface area contributed by atoms with E-state index in [9.17, 15) is 14.7 Å². The number of esters is 1. The number of fused-ring (bicyclic) bond motifs is 6. The maximum absolute atomic E-state index is 13.2. The smallest absolute Gasteiger partial charge is 0.323 e. The van der Waals surface area contributed by atoms with Crippen LogP contribution in [0, 0.1) is 0 Å². The summed E-state index contributed by atoms with van der Waals surface area (Å²) in [7, 11) is 0. The fourth-order valence-electron chi connectivity index (χ4n) is 5.92. The van der Waals surface area contributed by atoms with E-state index in [2.05, 4.69) is 48.5 Å². The molecule has 0 aliphatic heterocycles. The number of nitrogens with two attached hydrogens (primary N) is 1. The van der Waals surface area contributed by atoms with Crippen LogP contribution in [0.25, 0.3) is 22.3 Å². The van der Waals surface area contributed by atoms with Gasteiger partial charge in [0.05, 0.1) is 6.42 Å². The summed E-state index contributed by atoms with van der Waals surface area (Å²) in [4.78, 5) is 24.5. The summed E-state index contributed by atoms with van der Waals surface area (Å²) < 4.78 is 6.28. The van der Waals surface area contributed by atoms with E-state index in [-0.39, 0.29) is 11.8 Å². The minimum atomic E-state index is -1.25. The Morgan fingerprint density at radius 2 is 1.00 bits per heavy atom. The molecule has 178 valence electrons. The molecule has 1 atom stereocenters. The van der Waals surface area contributed by atoms with Gasteiger partial charge in [-0.3, -0.25) is 9.59 Å². The molecule has 0 bridgehead atoms. The number of carboxylic acids is 1. The number of rotatable bonds is 6. The lowest BCUT2D eigenvalue weighted by molar-refractivity contribution is -0.155. The first-order valence-corrected chi connectivity index (χ1v) is 12.1. The van der Waals surface area contributed by atoms with Gasteiger partial charge in [-0.05, 0) is 44.5 Å². The lowest BCUT2D eigenvalue weighted by atomic mass is 9.79. The lowest BCUT2D eigenvalue weighted by Crippen LogP contribution is -2.40. The Kier molecular flexibility index (Phi) is 5.42. The van der Waals surface area contributed by atoms with E-state index >= 15 is 0 Å². The minimum absolute atomic E-state index is 0.234. The molecule has 0 spiro atoms. The molecule has 0 heterocycles. The molecular weight excluding hydrogens is 450 g/mol. The van der Waals surface area contributed by atoms with E-state index in [0.717, 1.165) is 44.5 Å². The van der Waals surface area contributed by atoms with Crippen molar-refractivity contribution in [3.05, 3.63) is 119 Å². The molecule has 0 saturated carbocycles. The molecule has 5 nitrogen and oxygen atoms in total. The van der Waals surface area contributed by atoms with Gasteiger partial charge in [0.2, 0.25) is 0 Å². The lowest BCUT2D eigenvalue weighted by Gasteiger charge is -2.32. The van der Waals surface area contributed by atoms with Crippen LogP contribution in [0.2, 0.25) is 0 Å². The average Bonchev–Trinajstić information content (AvgIpc) is 3.40. The summed E-state index contributed by atoms with van der Waals surface area (Å²) in [5, 5.41) is 9.22. The molecule has 0 saturated heterocycles. The predicted octanol–water partition coefficient (Wildman–Crippen LogP) is 5.33. The molecule has 4 aromatic rings. The standard InChI is InChI=1S/C31H25NO4/c32-26(17-27(33)34)31(35)36-30(28-22-13-5-1-9-18(22)19-10-2-6-14-23(19)28)29-24-15-7-3-11-20(24)21-12-4-8-16-25(21)29/h1-16,26,28-30H,17,32H2,(H,33,34)/t26-/m0/s1. The van der Waals surface area contributed by atoms with E-state index in [1.165, 1.54) is 0 Å². The maximum atomic E-state index is 13.2. The van der Waals surface area contributed by atoms with Crippen molar-refractivity contribution in [2.75, 3.05) is 0 Å². The van der Waals surface area contributed by atoms with Crippen molar-refractivity contribution >= 4 is 11.9 Å². The van der Waals surface area contributed by atoms with Gasteiger partial charge in [-0.15, -0.1) is 0 Å². The number of carboxylic acid groups (broad SMARTS) is 1. The summed E-state index contributed by atoms with van der Waals surface area (Å²) in [5.41, 5.74) is 14.8. The van der Waals surface area contributed by atoms with Crippen molar-refractivity contribution < 1.29 is 19.4 Å². The molecule has 36 heavy (non-hydrogen) atoms. The summed E-state index contributed by atoms with van der Waals surface area (Å²) in [6.07, 6.45) is -1.10. The highest BCUT2D eigenvalue weighted by Crippen LogP contribution is 2.54. The van der Waals surface area contributed by atoms with E-state index in [4.69, 9.17) is 10.5 Å². The molecule has 4 aromatic carbocycles. The first-order valence-electron chi connectivity index (χ1n) is 12.1. The molecule has 2 aliphatic carbocycles. The van der Waals surface area contributed by atoms with Crippen molar-refractivity contribution in [2.24, 2.45) is 5.73 Å². The Labute approximate surface area is 209 Å². The van der Waals surface area contributed by atoms with Gasteiger partial charge in [0, 0.05) is 11.8 Å². The summed E-state index contributed by atoms with van der Waals surface area (Å²) in [6, 6.07) is 31.6. The SMILES string of the molecule is N[C@@H](CC(=O)O)C(=O)OC(C1c2ccccc2-c2ccccc21)C1c2ccccc2-c2ccccc21. The van der Waals surface area contributed by atoms with Gasteiger partial charge in [-0.2, -0.15) is 0 Å². The third-order valence-corrected chi connectivity index (χ3v) is 7.37. The first kappa shape index (κ1) is 22.3. The third kappa shape index (κ3) is 3.51. The van der Waals surface area contributed by atoms with Gasteiger partial charge < -0.3 is 15.6 Å². The van der Waals surface area contributed by atoms with E-state index in [1.54, 1.807) is 0 Å². The first-order chi connectivity index (χ1) is 17.5. The second kappa shape index (κ2) is 8.77. The van der Waals surface area contributed by atoms with Gasteiger partial charge in [0.15, 0.2) is 0 Å². The number of hydrogen-bond acceptors (Lipinski definition) is 4. The van der Waals surface area contributed by atoms with Crippen LogP contribution >= 0.6 is 0 Å².